The molecule has 0 radical (unpaired) electrons. The van der Waals surface area contributed by atoms with E-state index in [4.69, 9.17) is 38.1 Å². The van der Waals surface area contributed by atoms with Gasteiger partial charge in [-0.3, -0.25) is 4.90 Å². The fourth-order valence-electron chi connectivity index (χ4n) is 3.92. The molecular formula is C24H25Cl2N4O4-. The van der Waals surface area contributed by atoms with Gasteiger partial charge in [0.1, 0.15) is 5.58 Å². The van der Waals surface area contributed by atoms with E-state index in [-0.39, 0.29) is 28.5 Å². The highest BCUT2D eigenvalue weighted by Crippen LogP contribution is 2.35. The SMILES string of the molecule is CN(C)C(=O)Oc1cc2oc(=O)c(Cc3cccc([NH-])c3Cl)c(CN3CCNCC3)c2cc1Cl. The van der Waals surface area contributed by atoms with Gasteiger partial charge in [0.05, 0.1) is 5.02 Å². The summed E-state index contributed by atoms with van der Waals surface area (Å²) in [6, 6.07) is 8.29. The third-order valence-electron chi connectivity index (χ3n) is 5.77. The molecular weight excluding hydrogens is 479 g/mol. The summed E-state index contributed by atoms with van der Waals surface area (Å²) in [5.41, 5.74) is 9.89. The fourth-order valence-corrected chi connectivity index (χ4v) is 4.32. The van der Waals surface area contributed by atoms with E-state index in [2.05, 4.69) is 10.2 Å². The second kappa shape index (κ2) is 10.2. The summed E-state index contributed by atoms with van der Waals surface area (Å²) in [7, 11) is 3.12. The van der Waals surface area contributed by atoms with Gasteiger partial charge in [0, 0.05) is 75.3 Å². The average Bonchev–Trinajstić information content (AvgIpc) is 2.80. The van der Waals surface area contributed by atoms with Crippen LogP contribution in [0.4, 0.5) is 10.5 Å². The molecule has 180 valence electrons. The van der Waals surface area contributed by atoms with Crippen LogP contribution in [-0.2, 0) is 13.0 Å². The first-order valence-corrected chi connectivity index (χ1v) is 11.6. The number of hydrogen-bond acceptors (Lipinski definition) is 6. The van der Waals surface area contributed by atoms with Crippen molar-refractivity contribution in [2.24, 2.45) is 0 Å². The molecule has 1 aliphatic heterocycles. The van der Waals surface area contributed by atoms with E-state index >= 15 is 0 Å². The summed E-state index contributed by atoms with van der Waals surface area (Å²) in [4.78, 5) is 28.7. The molecule has 1 amide bonds. The van der Waals surface area contributed by atoms with E-state index in [1.165, 1.54) is 11.0 Å². The molecule has 1 saturated heterocycles. The van der Waals surface area contributed by atoms with Gasteiger partial charge in [-0.1, -0.05) is 41.4 Å². The molecule has 0 spiro atoms. The lowest BCUT2D eigenvalue weighted by molar-refractivity contribution is 0.172. The summed E-state index contributed by atoms with van der Waals surface area (Å²) in [6.07, 6.45) is -0.369. The van der Waals surface area contributed by atoms with Crippen molar-refractivity contribution in [1.29, 1.82) is 0 Å². The maximum Gasteiger partial charge on any atom is 0.414 e. The first-order valence-electron chi connectivity index (χ1n) is 10.8. The maximum absolute atomic E-state index is 13.2. The number of halogens is 2. The van der Waals surface area contributed by atoms with Gasteiger partial charge in [-0.25, -0.2) is 9.59 Å². The zero-order valence-corrected chi connectivity index (χ0v) is 20.4. The zero-order valence-electron chi connectivity index (χ0n) is 18.9. The molecule has 3 aromatic rings. The van der Waals surface area contributed by atoms with Crippen LogP contribution in [-0.4, -0.2) is 56.2 Å². The lowest BCUT2D eigenvalue weighted by Gasteiger charge is -2.28. The topological polar surface area (TPSA) is 98.8 Å². The molecule has 34 heavy (non-hydrogen) atoms. The highest BCUT2D eigenvalue weighted by molar-refractivity contribution is 6.34. The molecule has 0 aliphatic carbocycles. The number of nitrogens with zero attached hydrogens (tertiary/aromatic N) is 2. The van der Waals surface area contributed by atoms with Crippen LogP contribution >= 0.6 is 23.2 Å². The fraction of sp³-hybridized carbons (Fsp3) is 0.333. The molecule has 8 nitrogen and oxygen atoms in total. The van der Waals surface area contributed by atoms with Gasteiger partial charge in [-0.2, -0.15) is 0 Å². The number of rotatable bonds is 5. The lowest BCUT2D eigenvalue weighted by atomic mass is 9.97. The van der Waals surface area contributed by atoms with Crippen molar-refractivity contribution in [2.75, 3.05) is 40.3 Å². The Balaban J connectivity index is 1.85. The van der Waals surface area contributed by atoms with Crippen LogP contribution in [0.1, 0.15) is 16.7 Å². The van der Waals surface area contributed by atoms with Gasteiger partial charge in [0.2, 0.25) is 0 Å². The first kappa shape index (κ1) is 24.3. The predicted molar refractivity (Wildman–Crippen MR) is 134 cm³/mol. The average molecular weight is 504 g/mol. The molecule has 2 heterocycles. The largest absolute Gasteiger partial charge is 0.698 e. The van der Waals surface area contributed by atoms with E-state index in [0.717, 1.165) is 31.7 Å². The van der Waals surface area contributed by atoms with E-state index in [1.807, 2.05) is 0 Å². The second-order valence-electron chi connectivity index (χ2n) is 8.37. The monoisotopic (exact) mass is 503 g/mol. The Kier molecular flexibility index (Phi) is 7.33. The van der Waals surface area contributed by atoms with E-state index < -0.39 is 11.7 Å². The van der Waals surface area contributed by atoms with Gasteiger partial charge in [0.15, 0.2) is 5.75 Å². The summed E-state index contributed by atoms with van der Waals surface area (Å²) < 4.78 is 11.0. The maximum atomic E-state index is 13.2. The molecule has 1 fully saturated rings. The van der Waals surface area contributed by atoms with Gasteiger partial charge >= 0.3 is 11.7 Å². The molecule has 2 aromatic carbocycles. The predicted octanol–water partition coefficient (Wildman–Crippen LogP) is 4.84. The van der Waals surface area contributed by atoms with Crippen molar-refractivity contribution in [3.05, 3.63) is 73.2 Å². The van der Waals surface area contributed by atoms with E-state index in [9.17, 15) is 9.59 Å². The molecule has 0 atom stereocenters. The van der Waals surface area contributed by atoms with Crippen LogP contribution in [0.2, 0.25) is 10.0 Å². The number of fused-ring (bicyclic) bond motifs is 1. The minimum Gasteiger partial charge on any atom is -0.698 e. The van der Waals surface area contributed by atoms with Crippen molar-refractivity contribution < 1.29 is 13.9 Å². The van der Waals surface area contributed by atoms with Crippen LogP contribution in [0.25, 0.3) is 16.7 Å². The number of carbonyl (C=O) groups is 1. The molecule has 4 rings (SSSR count). The Morgan fingerprint density at radius 3 is 2.65 bits per heavy atom. The number of nitrogens with one attached hydrogen (secondary N) is 2. The highest BCUT2D eigenvalue weighted by atomic mass is 35.5. The smallest absolute Gasteiger partial charge is 0.414 e. The second-order valence-corrected chi connectivity index (χ2v) is 9.15. The van der Waals surface area contributed by atoms with Crippen molar-refractivity contribution in [2.45, 2.75) is 13.0 Å². The number of ether oxygens (including phenoxy) is 1. The van der Waals surface area contributed by atoms with Crippen LogP contribution in [0.15, 0.2) is 39.5 Å². The summed E-state index contributed by atoms with van der Waals surface area (Å²) in [5, 5.41) is 4.53. The number of carbonyl (C=O) groups excluding carboxylic acids is 1. The van der Waals surface area contributed by atoms with Crippen molar-refractivity contribution in [3.8, 4) is 5.75 Å². The zero-order chi connectivity index (χ0) is 24.4. The van der Waals surface area contributed by atoms with Gasteiger partial charge < -0.3 is 25.1 Å². The Labute approximate surface area is 207 Å². The van der Waals surface area contributed by atoms with E-state index in [1.54, 1.807) is 38.4 Å². The van der Waals surface area contributed by atoms with Crippen molar-refractivity contribution in [1.82, 2.24) is 15.1 Å². The minimum absolute atomic E-state index is 0.113. The number of amides is 1. The van der Waals surface area contributed by atoms with Crippen LogP contribution in [0, 0.1) is 0 Å². The molecule has 0 bridgehead atoms. The lowest BCUT2D eigenvalue weighted by Crippen LogP contribution is -2.43. The Morgan fingerprint density at radius 1 is 1.21 bits per heavy atom. The Morgan fingerprint density at radius 2 is 1.94 bits per heavy atom. The number of piperazine rings is 1. The summed E-state index contributed by atoms with van der Waals surface area (Å²) >= 11 is 12.8. The van der Waals surface area contributed by atoms with Crippen LogP contribution in [0.3, 0.4) is 0 Å². The van der Waals surface area contributed by atoms with Gasteiger partial charge in [0.25, 0.3) is 0 Å². The minimum atomic E-state index is -0.592. The van der Waals surface area contributed by atoms with Crippen LogP contribution < -0.4 is 15.7 Å². The molecule has 0 unspecified atom stereocenters. The first-order chi connectivity index (χ1) is 16.2. The van der Waals surface area contributed by atoms with Gasteiger partial charge in [-0.05, 0) is 17.2 Å². The molecule has 1 aromatic heterocycles. The number of hydrogen-bond donors (Lipinski definition) is 1. The summed E-state index contributed by atoms with van der Waals surface area (Å²) in [6.45, 7) is 3.89. The highest BCUT2D eigenvalue weighted by Gasteiger charge is 2.22. The van der Waals surface area contributed by atoms with Crippen LogP contribution in [0.5, 0.6) is 5.75 Å². The van der Waals surface area contributed by atoms with E-state index in [0.29, 0.717) is 28.1 Å². The Bertz CT molecular complexity index is 1290. The molecule has 0 saturated carbocycles. The van der Waals surface area contributed by atoms with Crippen molar-refractivity contribution >= 4 is 46.0 Å². The molecule has 1 aliphatic rings. The standard InChI is InChI=1S/C24H25Cl2N4O4/c1-29(2)24(32)34-21-12-20-15(11-18(21)25)17(13-30-8-6-28-7-9-30)16(23(31)33-20)10-14-4-3-5-19(27)22(14)26/h3-5,11-12,27-28H,6-10,13H2,1-2H3/q-1. The van der Waals surface area contributed by atoms with Gasteiger partial charge in [-0.15, -0.1) is 5.69 Å². The third kappa shape index (κ3) is 5.15. The number of benzene rings is 2. The molecule has 10 heteroatoms. The third-order valence-corrected chi connectivity index (χ3v) is 6.51. The summed E-state index contributed by atoms with van der Waals surface area (Å²) in [5.74, 6) is 0.113. The normalized spacial score (nSPS) is 14.4. The van der Waals surface area contributed by atoms with Crippen molar-refractivity contribution in [3.63, 3.8) is 0 Å². The molecule has 2 N–H and O–H groups in total. The Hall–Kier alpha value is -2.78. The quantitative estimate of drug-likeness (QED) is 0.500.